The van der Waals surface area contributed by atoms with Crippen LogP contribution in [-0.4, -0.2) is 46.1 Å². The third kappa shape index (κ3) is 4.54. The number of hydrogen-bond acceptors (Lipinski definition) is 4. The third-order valence-electron chi connectivity index (χ3n) is 3.35. The largest absolute Gasteiger partial charge is 0.354 e. The third-order valence-corrected chi connectivity index (χ3v) is 4.08. The summed E-state index contributed by atoms with van der Waals surface area (Å²) in [5.41, 5.74) is 0.779. The number of carbonyl (C=O) groups excluding carboxylic acids is 2. The molecule has 0 aromatic heterocycles. The van der Waals surface area contributed by atoms with Crippen LogP contribution in [0.1, 0.15) is 6.42 Å². The molecule has 2 amide bonds. The summed E-state index contributed by atoms with van der Waals surface area (Å²) in [6, 6.07) is 9.20. The molecular formula is C14H19N3O4S. The second-order valence-corrected chi connectivity index (χ2v) is 7.03. The molecule has 120 valence electrons. The fourth-order valence-corrected chi connectivity index (χ4v) is 2.78. The predicted molar refractivity (Wildman–Crippen MR) is 82.8 cm³/mol. The molecule has 8 heteroatoms. The number of nitrogens with one attached hydrogen (secondary N) is 2. The highest BCUT2D eigenvalue weighted by Gasteiger charge is 2.34. The number of benzene rings is 1. The lowest BCUT2D eigenvalue weighted by Crippen LogP contribution is -2.38. The van der Waals surface area contributed by atoms with Crippen LogP contribution in [0, 0.1) is 5.92 Å². The number of amides is 2. The zero-order valence-electron chi connectivity index (χ0n) is 12.3. The number of anilines is 1. The Bertz CT molecular complexity index is 645. The summed E-state index contributed by atoms with van der Waals surface area (Å²) in [5.74, 6) is -0.728. The summed E-state index contributed by atoms with van der Waals surface area (Å²) in [4.78, 5) is 25.6. The average Bonchev–Trinajstić information content (AvgIpc) is 2.85. The number of hydrogen-bond donors (Lipinski definition) is 2. The summed E-state index contributed by atoms with van der Waals surface area (Å²) in [5, 5.41) is 2.64. The predicted octanol–water partition coefficient (Wildman–Crippen LogP) is -0.295. The van der Waals surface area contributed by atoms with E-state index in [9.17, 15) is 18.0 Å². The minimum atomic E-state index is -3.26. The minimum Gasteiger partial charge on any atom is -0.354 e. The van der Waals surface area contributed by atoms with Crippen LogP contribution >= 0.6 is 0 Å². The molecule has 1 aliphatic heterocycles. The molecule has 0 aliphatic carbocycles. The van der Waals surface area contributed by atoms with Crippen molar-refractivity contribution in [3.63, 3.8) is 0 Å². The lowest BCUT2D eigenvalue weighted by molar-refractivity contribution is -0.126. The van der Waals surface area contributed by atoms with E-state index in [2.05, 4.69) is 10.0 Å². The van der Waals surface area contributed by atoms with Gasteiger partial charge in [-0.3, -0.25) is 9.59 Å². The fraction of sp³-hybridized carbons (Fsp3) is 0.429. The van der Waals surface area contributed by atoms with Gasteiger partial charge in [0, 0.05) is 31.7 Å². The van der Waals surface area contributed by atoms with Crippen LogP contribution in [0.4, 0.5) is 5.69 Å². The molecule has 1 fully saturated rings. The number of nitrogens with zero attached hydrogens (tertiary/aromatic N) is 1. The molecule has 1 aromatic rings. The summed E-state index contributed by atoms with van der Waals surface area (Å²) in [6.07, 6.45) is 1.22. The Morgan fingerprint density at radius 2 is 1.95 bits per heavy atom. The van der Waals surface area contributed by atoms with Crippen molar-refractivity contribution in [3.05, 3.63) is 30.3 Å². The SMILES string of the molecule is CS(=O)(=O)NCCNC(=O)[C@H]1CC(=O)N(c2ccccc2)C1. The summed E-state index contributed by atoms with van der Waals surface area (Å²) in [7, 11) is -3.26. The second kappa shape index (κ2) is 6.89. The highest BCUT2D eigenvalue weighted by atomic mass is 32.2. The van der Waals surface area contributed by atoms with Gasteiger partial charge >= 0.3 is 0 Å². The zero-order valence-corrected chi connectivity index (χ0v) is 13.1. The number of carbonyl (C=O) groups is 2. The van der Waals surface area contributed by atoms with Gasteiger partial charge in [-0.25, -0.2) is 13.1 Å². The molecule has 0 bridgehead atoms. The maximum absolute atomic E-state index is 12.0. The Labute approximate surface area is 129 Å². The molecule has 0 radical (unpaired) electrons. The van der Waals surface area contributed by atoms with Crippen molar-refractivity contribution in [2.75, 3.05) is 30.8 Å². The first-order chi connectivity index (χ1) is 10.4. The number of rotatable bonds is 6. The quantitative estimate of drug-likeness (QED) is 0.702. The lowest BCUT2D eigenvalue weighted by Gasteiger charge is -2.16. The van der Waals surface area contributed by atoms with E-state index in [1.165, 1.54) is 0 Å². The molecule has 2 N–H and O–H groups in total. The average molecular weight is 325 g/mol. The van der Waals surface area contributed by atoms with Crippen molar-refractivity contribution in [1.82, 2.24) is 10.0 Å². The van der Waals surface area contributed by atoms with Crippen molar-refractivity contribution < 1.29 is 18.0 Å². The van der Waals surface area contributed by atoms with E-state index >= 15 is 0 Å². The smallest absolute Gasteiger partial charge is 0.227 e. The van der Waals surface area contributed by atoms with E-state index in [1.807, 2.05) is 30.3 Å². The van der Waals surface area contributed by atoms with E-state index in [0.717, 1.165) is 11.9 Å². The zero-order chi connectivity index (χ0) is 16.2. The van der Waals surface area contributed by atoms with Crippen LogP contribution < -0.4 is 14.9 Å². The minimum absolute atomic E-state index is 0.0828. The molecule has 1 saturated heterocycles. The van der Waals surface area contributed by atoms with Crippen molar-refractivity contribution >= 4 is 27.5 Å². The van der Waals surface area contributed by atoms with E-state index in [1.54, 1.807) is 4.90 Å². The Morgan fingerprint density at radius 1 is 1.27 bits per heavy atom. The van der Waals surface area contributed by atoms with E-state index in [4.69, 9.17) is 0 Å². The molecule has 1 heterocycles. The molecule has 22 heavy (non-hydrogen) atoms. The van der Waals surface area contributed by atoms with Gasteiger partial charge in [-0.15, -0.1) is 0 Å². The van der Waals surface area contributed by atoms with Crippen molar-refractivity contribution in [1.29, 1.82) is 0 Å². The van der Waals surface area contributed by atoms with Gasteiger partial charge < -0.3 is 10.2 Å². The van der Waals surface area contributed by atoms with Gasteiger partial charge in [-0.2, -0.15) is 0 Å². The highest BCUT2D eigenvalue weighted by molar-refractivity contribution is 7.88. The number of para-hydroxylation sites is 1. The Balaban J connectivity index is 1.84. The topological polar surface area (TPSA) is 95.6 Å². The van der Waals surface area contributed by atoms with Gasteiger partial charge in [0.1, 0.15) is 0 Å². The van der Waals surface area contributed by atoms with Crippen LogP contribution in [0.25, 0.3) is 0 Å². The Kier molecular flexibility index (Phi) is 5.15. The molecular weight excluding hydrogens is 306 g/mol. The molecule has 0 spiro atoms. The van der Waals surface area contributed by atoms with Crippen LogP contribution in [0.15, 0.2) is 30.3 Å². The lowest BCUT2D eigenvalue weighted by atomic mass is 10.1. The van der Waals surface area contributed by atoms with E-state index in [0.29, 0.717) is 6.54 Å². The van der Waals surface area contributed by atoms with Gasteiger partial charge in [0.15, 0.2) is 0 Å². The monoisotopic (exact) mass is 325 g/mol. The normalized spacial score (nSPS) is 18.5. The van der Waals surface area contributed by atoms with Crippen LogP contribution in [-0.2, 0) is 19.6 Å². The fourth-order valence-electron chi connectivity index (χ4n) is 2.31. The van der Waals surface area contributed by atoms with Crippen LogP contribution in [0.3, 0.4) is 0 Å². The first kappa shape index (κ1) is 16.4. The Morgan fingerprint density at radius 3 is 2.59 bits per heavy atom. The number of sulfonamides is 1. The molecule has 1 aromatic carbocycles. The standard InChI is InChI=1S/C14H19N3O4S/c1-22(20,21)16-8-7-15-14(19)11-9-13(18)17(10-11)12-5-3-2-4-6-12/h2-6,11,16H,7-10H2,1H3,(H,15,19)/t11-/m0/s1. The van der Waals surface area contributed by atoms with Gasteiger partial charge in [0.05, 0.1) is 12.2 Å². The van der Waals surface area contributed by atoms with Gasteiger partial charge in [-0.05, 0) is 12.1 Å². The highest BCUT2D eigenvalue weighted by Crippen LogP contribution is 2.24. The molecule has 0 unspecified atom stereocenters. The summed E-state index contributed by atoms with van der Waals surface area (Å²) >= 11 is 0. The van der Waals surface area contributed by atoms with E-state index in [-0.39, 0.29) is 31.3 Å². The van der Waals surface area contributed by atoms with Crippen molar-refractivity contribution in [2.45, 2.75) is 6.42 Å². The van der Waals surface area contributed by atoms with E-state index < -0.39 is 15.9 Å². The molecule has 1 atom stereocenters. The molecule has 2 rings (SSSR count). The second-order valence-electron chi connectivity index (χ2n) is 5.20. The van der Waals surface area contributed by atoms with Crippen LogP contribution in [0.5, 0.6) is 0 Å². The summed E-state index contributed by atoms with van der Waals surface area (Å²) < 4.78 is 24.1. The van der Waals surface area contributed by atoms with Crippen molar-refractivity contribution in [3.8, 4) is 0 Å². The first-order valence-corrected chi connectivity index (χ1v) is 8.84. The Hall–Kier alpha value is -1.93. The van der Waals surface area contributed by atoms with Crippen LogP contribution in [0.2, 0.25) is 0 Å². The van der Waals surface area contributed by atoms with Gasteiger partial charge in [0.2, 0.25) is 21.8 Å². The maximum atomic E-state index is 12.0. The molecule has 7 nitrogen and oxygen atoms in total. The molecule has 0 saturated carbocycles. The molecule has 1 aliphatic rings. The van der Waals surface area contributed by atoms with Gasteiger partial charge in [0.25, 0.3) is 0 Å². The summed E-state index contributed by atoms with van der Waals surface area (Å²) in [6.45, 7) is 0.670. The first-order valence-electron chi connectivity index (χ1n) is 6.94. The van der Waals surface area contributed by atoms with Gasteiger partial charge in [-0.1, -0.05) is 18.2 Å². The van der Waals surface area contributed by atoms with Crippen molar-refractivity contribution in [2.24, 2.45) is 5.92 Å². The maximum Gasteiger partial charge on any atom is 0.227 e.